The molecule has 0 aliphatic rings. The molecular weight excluding hydrogens is 925 g/mol. The van der Waals surface area contributed by atoms with Crippen molar-refractivity contribution in [3.63, 3.8) is 0 Å². The van der Waals surface area contributed by atoms with E-state index in [0.717, 1.165) is 95.0 Å². The maximum atomic E-state index is 12.4. The topological polar surface area (TPSA) is 55.9 Å². The Morgan fingerprint density at radius 1 is 0.408 bits per heavy atom. The molecule has 76 heavy (non-hydrogen) atoms. The largest absolute Gasteiger partial charge is 0.507 e. The average Bonchev–Trinajstić information content (AvgIpc) is 3.96. The Morgan fingerprint density at radius 2 is 1.03 bits per heavy atom. The number of aromatic nitrogens is 4. The van der Waals surface area contributed by atoms with E-state index < -0.39 is 0 Å². The third-order valence-electron chi connectivity index (χ3n) is 15.5. The Hall–Kier alpha value is -8.02. The van der Waals surface area contributed by atoms with E-state index in [1.165, 1.54) is 32.9 Å². The molecule has 0 fully saturated rings. The van der Waals surface area contributed by atoms with Crippen LogP contribution in [-0.2, 0) is 28.7 Å². The summed E-state index contributed by atoms with van der Waals surface area (Å²) in [6, 6.07) is 64.2. The molecule has 0 aliphatic heterocycles. The molecule has 0 saturated heterocycles. The fourth-order valence-electron chi connectivity index (χ4n) is 11.0. The van der Waals surface area contributed by atoms with Gasteiger partial charge >= 0.3 is 0 Å². The minimum Gasteiger partial charge on any atom is -0.507 e. The van der Waals surface area contributed by atoms with E-state index in [2.05, 4.69) is 275 Å². The minimum absolute atomic E-state index is 0.0852. The van der Waals surface area contributed by atoms with Gasteiger partial charge in [0.05, 0.1) is 33.3 Å². The van der Waals surface area contributed by atoms with Crippen LogP contribution in [0.4, 0.5) is 0 Å². The molecule has 0 unspecified atom stereocenters. The van der Waals surface area contributed by atoms with Crippen LogP contribution in [0, 0.1) is 0 Å². The Labute approximate surface area is 449 Å². The molecule has 11 rings (SSSR count). The summed E-state index contributed by atoms with van der Waals surface area (Å²) in [4.78, 5) is 10.8. The van der Waals surface area contributed by atoms with Gasteiger partial charge in [-0.2, -0.15) is 0 Å². The second-order valence-electron chi connectivity index (χ2n) is 25.1. The molecule has 1 N–H and O–H groups in total. The van der Waals surface area contributed by atoms with E-state index in [0.29, 0.717) is 0 Å². The summed E-state index contributed by atoms with van der Waals surface area (Å²) in [5.41, 5.74) is 20.6. The molecule has 0 amide bonds. The summed E-state index contributed by atoms with van der Waals surface area (Å²) in [5.74, 6) is 0.991. The highest BCUT2D eigenvalue weighted by atomic mass is 16.3. The van der Waals surface area contributed by atoms with Gasteiger partial charge in [-0.3, -0.25) is 4.98 Å². The van der Waals surface area contributed by atoms with Crippen molar-refractivity contribution in [2.45, 2.75) is 105 Å². The lowest BCUT2D eigenvalue weighted by molar-refractivity contribution is 0.446. The van der Waals surface area contributed by atoms with Gasteiger partial charge in [-0.05, 0) is 138 Å². The molecule has 3 heterocycles. The highest BCUT2D eigenvalue weighted by Crippen LogP contribution is 2.47. The summed E-state index contributed by atoms with van der Waals surface area (Å²) in [7, 11) is 2.10. The van der Waals surface area contributed by atoms with E-state index in [1.54, 1.807) is 0 Å². The number of hydrogen-bond donors (Lipinski definition) is 1. The number of phenols is 1. The molecule has 0 bridgehead atoms. The van der Waals surface area contributed by atoms with Gasteiger partial charge in [0.15, 0.2) is 0 Å². The molecule has 5 heteroatoms. The zero-order chi connectivity index (χ0) is 53.6. The SMILES string of the molecule is Cn1c(-c2cc(C(C)(C)C)cc(C(C)(C)C)c2O)nc2c(-c3cc(-c4cc(-c5cccc6c7ccccc7n(-c7ccccc7)c56)ccn4)cc(C(C)(C)C)c3)cc(-c3cc(C(C)(C)C)ccc3-c3ccccc3)cc21. The van der Waals surface area contributed by atoms with Crippen molar-refractivity contribution in [1.82, 2.24) is 19.1 Å². The molecule has 0 spiro atoms. The van der Waals surface area contributed by atoms with Crippen LogP contribution in [0.5, 0.6) is 5.75 Å². The number of rotatable bonds is 7. The first kappa shape index (κ1) is 50.2. The van der Waals surface area contributed by atoms with Crippen LogP contribution < -0.4 is 0 Å². The number of aromatic hydroxyl groups is 1. The molecule has 5 nitrogen and oxygen atoms in total. The Bertz CT molecular complexity index is 4030. The van der Waals surface area contributed by atoms with Crippen LogP contribution in [0.15, 0.2) is 182 Å². The third kappa shape index (κ3) is 9.00. The van der Waals surface area contributed by atoms with Crippen molar-refractivity contribution in [3.05, 3.63) is 204 Å². The molecular formula is C71H70N4O. The molecule has 0 radical (unpaired) electrons. The second-order valence-corrected chi connectivity index (χ2v) is 25.1. The lowest BCUT2D eigenvalue weighted by atomic mass is 9.79. The minimum atomic E-state index is -0.309. The monoisotopic (exact) mass is 995 g/mol. The molecule has 0 aliphatic carbocycles. The number of benzene rings is 8. The maximum absolute atomic E-state index is 12.4. The number of para-hydroxylation sites is 3. The highest BCUT2D eigenvalue weighted by molar-refractivity contribution is 6.14. The van der Waals surface area contributed by atoms with Crippen molar-refractivity contribution in [3.8, 4) is 78.6 Å². The van der Waals surface area contributed by atoms with Gasteiger partial charge in [0.2, 0.25) is 0 Å². The van der Waals surface area contributed by atoms with Crippen LogP contribution in [0.25, 0.3) is 106 Å². The maximum Gasteiger partial charge on any atom is 0.144 e. The van der Waals surface area contributed by atoms with E-state index in [1.807, 2.05) is 6.20 Å². The summed E-state index contributed by atoms with van der Waals surface area (Å²) in [6.07, 6.45) is 1.96. The summed E-state index contributed by atoms with van der Waals surface area (Å²) >= 11 is 0. The van der Waals surface area contributed by atoms with Gasteiger partial charge in [-0.15, -0.1) is 0 Å². The lowest BCUT2D eigenvalue weighted by Gasteiger charge is -2.27. The number of hydrogen-bond acceptors (Lipinski definition) is 3. The van der Waals surface area contributed by atoms with Crippen molar-refractivity contribution in [2.75, 3.05) is 0 Å². The number of nitrogens with zero attached hydrogens (tertiary/aromatic N) is 4. The van der Waals surface area contributed by atoms with Crippen molar-refractivity contribution >= 4 is 32.8 Å². The zero-order valence-electron chi connectivity index (χ0n) is 46.6. The lowest BCUT2D eigenvalue weighted by Crippen LogP contribution is -2.17. The molecule has 3 aromatic heterocycles. The molecule has 380 valence electrons. The van der Waals surface area contributed by atoms with Crippen LogP contribution in [0.3, 0.4) is 0 Å². The van der Waals surface area contributed by atoms with E-state index >= 15 is 0 Å². The predicted octanol–water partition coefficient (Wildman–Crippen LogP) is 19.0. The summed E-state index contributed by atoms with van der Waals surface area (Å²) in [5, 5.41) is 14.8. The molecule has 0 atom stereocenters. The Balaban J connectivity index is 1.18. The zero-order valence-corrected chi connectivity index (χ0v) is 46.6. The fourth-order valence-corrected chi connectivity index (χ4v) is 11.0. The number of aryl methyl sites for hydroxylation is 1. The average molecular weight is 995 g/mol. The predicted molar refractivity (Wildman–Crippen MR) is 322 cm³/mol. The standard InChI is InChI=1S/C71H70N4O/c1-68(2,3)49-31-32-53(44-23-16-14-17-24-44)57(41-49)47-38-58(64-63(40-47)74(13)67(73-64)59-42-51(70(7,8)9)43-60(66(59)76)71(10,11)12)46-35-48(37-50(36-46)69(4,5)6)61-39-45(33-34-72-61)54-28-22-29-56-55-27-20-21-30-62(55)75(65(54)56)52-25-18-15-19-26-52/h14-43,76H,1-13H3. The van der Waals surface area contributed by atoms with Crippen LogP contribution >= 0.6 is 0 Å². The number of imidazole rings is 1. The second kappa shape index (κ2) is 18.4. The van der Waals surface area contributed by atoms with E-state index in [9.17, 15) is 5.11 Å². The molecule has 11 aromatic rings. The first-order valence-corrected chi connectivity index (χ1v) is 26.8. The summed E-state index contributed by atoms with van der Waals surface area (Å²) < 4.78 is 4.60. The van der Waals surface area contributed by atoms with Gasteiger partial charge in [0.25, 0.3) is 0 Å². The molecule has 0 saturated carbocycles. The first-order chi connectivity index (χ1) is 36.0. The number of phenolic OH excluding ortho intramolecular Hbond substituents is 1. The van der Waals surface area contributed by atoms with Gasteiger partial charge < -0.3 is 14.2 Å². The molecule has 8 aromatic carbocycles. The van der Waals surface area contributed by atoms with Gasteiger partial charge in [0, 0.05) is 52.0 Å². The number of pyridine rings is 1. The number of fused-ring (bicyclic) bond motifs is 4. The van der Waals surface area contributed by atoms with Crippen LogP contribution in [-0.4, -0.2) is 24.2 Å². The highest BCUT2D eigenvalue weighted by Gasteiger charge is 2.29. The van der Waals surface area contributed by atoms with Gasteiger partial charge in [0.1, 0.15) is 11.6 Å². The van der Waals surface area contributed by atoms with E-state index in [-0.39, 0.29) is 27.4 Å². The smallest absolute Gasteiger partial charge is 0.144 e. The van der Waals surface area contributed by atoms with Crippen molar-refractivity contribution < 1.29 is 5.11 Å². The van der Waals surface area contributed by atoms with Crippen LogP contribution in [0.2, 0.25) is 0 Å². The first-order valence-electron chi connectivity index (χ1n) is 26.8. The Morgan fingerprint density at radius 3 is 1.72 bits per heavy atom. The van der Waals surface area contributed by atoms with Gasteiger partial charge in [-0.25, -0.2) is 4.98 Å². The summed E-state index contributed by atoms with van der Waals surface area (Å²) in [6.45, 7) is 26.9. The fraction of sp³-hybridized carbons (Fsp3) is 0.239. The third-order valence-corrected chi connectivity index (χ3v) is 15.5. The van der Waals surface area contributed by atoms with Gasteiger partial charge in [-0.1, -0.05) is 192 Å². The van der Waals surface area contributed by atoms with E-state index in [4.69, 9.17) is 9.97 Å². The van der Waals surface area contributed by atoms with Crippen LogP contribution in [0.1, 0.15) is 105 Å². The van der Waals surface area contributed by atoms with Crippen molar-refractivity contribution in [2.24, 2.45) is 7.05 Å². The van der Waals surface area contributed by atoms with Crippen molar-refractivity contribution in [1.29, 1.82) is 0 Å². The quantitative estimate of drug-likeness (QED) is 0.173. The normalized spacial score (nSPS) is 12.6. The Kier molecular flexibility index (Phi) is 12.1.